The van der Waals surface area contributed by atoms with Crippen LogP contribution in [0.25, 0.3) is 0 Å². The maximum Gasteiger partial charge on any atom is 0.405 e. The van der Waals surface area contributed by atoms with Crippen molar-refractivity contribution in [2.75, 3.05) is 44.9 Å². The first-order valence-electron chi connectivity index (χ1n) is 23.6. The molecule has 0 unspecified atom stereocenters. The zero-order valence-corrected chi connectivity index (χ0v) is 45.3. The molecule has 0 heterocycles. The molecular weight excluding hydrogens is 1090 g/mol. The maximum absolute atomic E-state index is 2.97. The maximum atomic E-state index is 2.97. The minimum absolute atomic E-state index is 0. The molecule has 0 atom stereocenters. The second-order valence-electron chi connectivity index (χ2n) is 16.0. The predicted octanol–water partition coefficient (Wildman–Crippen LogP) is 15.3. The molecule has 0 aliphatic heterocycles. The lowest BCUT2D eigenvalue weighted by Gasteiger charge is -2.53. The number of anilines is 4. The van der Waals surface area contributed by atoms with Crippen molar-refractivity contribution in [1.29, 1.82) is 0 Å². The fourth-order valence-electron chi connectivity index (χ4n) is 8.32. The molecule has 60 heavy (non-hydrogen) atoms. The number of unbranched alkanes of at least 4 members (excludes halogenated alkanes) is 16. The van der Waals surface area contributed by atoms with Crippen molar-refractivity contribution in [3.8, 4) is 0 Å². The van der Waals surface area contributed by atoms with Gasteiger partial charge in [-0.15, -0.1) is 0 Å². The van der Waals surface area contributed by atoms with E-state index in [1.165, 1.54) is 151 Å². The third-order valence-electron chi connectivity index (χ3n) is 11.4. The minimum Gasteiger partial charge on any atom is -1.00 e. The zero-order chi connectivity index (χ0) is 42.2. The molecular formula is C52H80I3N4P. The van der Waals surface area contributed by atoms with Gasteiger partial charge in [0.25, 0.3) is 0 Å². The summed E-state index contributed by atoms with van der Waals surface area (Å²) in [4.78, 5) is 0. The molecule has 0 spiro atoms. The van der Waals surface area contributed by atoms with Crippen molar-refractivity contribution in [1.82, 2.24) is 0 Å². The van der Waals surface area contributed by atoms with Gasteiger partial charge in [-0.1, -0.05) is 203 Å². The first kappa shape index (κ1) is 54.8. The third-order valence-corrected chi connectivity index (χ3v) is 15.7. The van der Waals surface area contributed by atoms with E-state index < -0.39 is 7.87 Å². The number of hydrogen-bond acceptors (Lipinski definition) is 4. The van der Waals surface area contributed by atoms with Crippen molar-refractivity contribution in [2.45, 2.75) is 156 Å². The van der Waals surface area contributed by atoms with Gasteiger partial charge in [-0.05, 0) is 74.2 Å². The predicted molar refractivity (Wildman–Crippen MR) is 285 cm³/mol. The van der Waals surface area contributed by atoms with Crippen LogP contribution in [0.1, 0.15) is 156 Å². The smallest absolute Gasteiger partial charge is 0.405 e. The number of para-hydroxylation sites is 4. The molecule has 4 aromatic rings. The Kier molecular flexibility index (Phi) is 32.1. The SMILES string of the molecule is CCCCCCCN(c1ccccc1)[P+](N(CCCCCCC)c1ccccc1)(N(CCCCCCC)c1ccccc1)N(CCCCCCC)c1ccccc1.II.[I-]. The molecule has 8 heteroatoms. The van der Waals surface area contributed by atoms with Crippen LogP contribution in [0.15, 0.2) is 121 Å². The Morgan fingerprint density at radius 3 is 0.667 bits per heavy atom. The molecule has 0 aliphatic carbocycles. The largest absolute Gasteiger partial charge is 1.00 e. The van der Waals surface area contributed by atoms with Crippen LogP contribution in [0.2, 0.25) is 0 Å². The molecule has 334 valence electrons. The van der Waals surface area contributed by atoms with Gasteiger partial charge < -0.3 is 24.0 Å². The van der Waals surface area contributed by atoms with Gasteiger partial charge >= 0.3 is 7.87 Å². The van der Waals surface area contributed by atoms with Crippen LogP contribution in [-0.4, -0.2) is 26.2 Å². The molecule has 4 nitrogen and oxygen atoms in total. The summed E-state index contributed by atoms with van der Waals surface area (Å²) in [7, 11) is -2.71. The molecule has 4 aromatic carbocycles. The van der Waals surface area contributed by atoms with Crippen LogP contribution < -0.4 is 42.7 Å². The fraction of sp³-hybridized carbons (Fsp3) is 0.538. The van der Waals surface area contributed by atoms with Gasteiger partial charge in [0.05, 0.1) is 48.9 Å². The molecule has 0 saturated carbocycles. The van der Waals surface area contributed by atoms with Crippen LogP contribution in [0.5, 0.6) is 0 Å². The average Bonchev–Trinajstić information content (AvgIpc) is 3.29. The highest BCUT2D eigenvalue weighted by Crippen LogP contribution is 2.73. The van der Waals surface area contributed by atoms with E-state index in [2.05, 4.69) is 205 Å². The second kappa shape index (κ2) is 35.1. The monoisotopic (exact) mass is 1170 g/mol. The van der Waals surface area contributed by atoms with Crippen molar-refractivity contribution in [2.24, 2.45) is 0 Å². The molecule has 0 radical (unpaired) electrons. The number of rotatable bonds is 32. The molecule has 0 fully saturated rings. The van der Waals surface area contributed by atoms with Gasteiger partial charge in [0, 0.05) is 37.2 Å². The molecule has 0 N–H and O–H groups in total. The van der Waals surface area contributed by atoms with Gasteiger partial charge in [0.1, 0.15) is 0 Å². The van der Waals surface area contributed by atoms with Gasteiger partial charge in [-0.3, -0.25) is 0 Å². The second-order valence-corrected chi connectivity index (χ2v) is 19.0. The van der Waals surface area contributed by atoms with Crippen LogP contribution in [0.3, 0.4) is 0 Å². The Morgan fingerprint density at radius 2 is 0.483 bits per heavy atom. The number of hydrogen-bond donors (Lipinski definition) is 0. The van der Waals surface area contributed by atoms with E-state index in [0.717, 1.165) is 26.2 Å². The first-order valence-corrected chi connectivity index (χ1v) is 31.5. The topological polar surface area (TPSA) is 13.0 Å². The number of benzene rings is 4. The number of halogens is 3. The summed E-state index contributed by atoms with van der Waals surface area (Å²) >= 11 is 4.24. The van der Waals surface area contributed by atoms with Gasteiger partial charge in [-0.25, -0.2) is 0 Å². The summed E-state index contributed by atoms with van der Waals surface area (Å²) in [6, 6.07) is 46.4. The Bertz CT molecular complexity index is 1300. The van der Waals surface area contributed by atoms with E-state index >= 15 is 0 Å². The molecule has 4 rings (SSSR count). The third kappa shape index (κ3) is 18.1. The zero-order valence-electron chi connectivity index (χ0n) is 37.9. The van der Waals surface area contributed by atoms with Crippen molar-refractivity contribution in [3.05, 3.63) is 121 Å². The van der Waals surface area contributed by atoms with E-state index in [0.29, 0.717) is 0 Å². The van der Waals surface area contributed by atoms with Crippen molar-refractivity contribution >= 4 is 67.8 Å². The van der Waals surface area contributed by atoms with Crippen LogP contribution >= 0.6 is 45.1 Å². The summed E-state index contributed by atoms with van der Waals surface area (Å²) in [5.41, 5.74) is 5.36. The van der Waals surface area contributed by atoms with Crippen molar-refractivity contribution < 1.29 is 24.0 Å². The van der Waals surface area contributed by atoms with Crippen LogP contribution in [0, 0.1) is 0 Å². The van der Waals surface area contributed by atoms with Gasteiger partial charge in [-0.2, -0.15) is 18.7 Å². The summed E-state index contributed by atoms with van der Waals surface area (Å²) < 4.78 is 11.9. The normalized spacial score (nSPS) is 11.0. The molecule has 0 aliphatic rings. The fourth-order valence-corrected chi connectivity index (χ4v) is 13.3. The summed E-state index contributed by atoms with van der Waals surface area (Å²) in [5.74, 6) is 0. The Balaban J connectivity index is 0.00000407. The lowest BCUT2D eigenvalue weighted by atomic mass is 10.1. The molecule has 0 amide bonds. The van der Waals surface area contributed by atoms with Crippen molar-refractivity contribution in [3.63, 3.8) is 0 Å². The van der Waals surface area contributed by atoms with E-state index in [4.69, 9.17) is 0 Å². The van der Waals surface area contributed by atoms with Crippen LogP contribution in [-0.2, 0) is 0 Å². The number of nitrogens with zero attached hydrogens (tertiary/aromatic N) is 4. The lowest BCUT2D eigenvalue weighted by molar-refractivity contribution is -0.0000120. The molecule has 0 saturated heterocycles. The highest BCUT2D eigenvalue weighted by Gasteiger charge is 2.63. The quantitative estimate of drug-likeness (QED) is 0.0274. The Labute approximate surface area is 410 Å². The molecule has 0 bridgehead atoms. The van der Waals surface area contributed by atoms with E-state index in [1.807, 2.05) is 0 Å². The standard InChI is InChI=1S/C52H80N4P.I2.HI/c1-5-9-13-17-33-45-53(49-37-25-21-26-38-49)57(54(46-34-18-14-10-6-2)50-39-27-22-28-40-50,55(47-35-19-15-11-7-3)51-41-29-23-30-42-51)56(48-36-20-16-12-8-4)52-43-31-24-32-44-52;1-2;/h21-32,37-44H,5-20,33-36,45-48H2,1-4H3;;1H/q+1;;/p-1. The highest BCUT2D eigenvalue weighted by molar-refractivity contribution is 15.0. The van der Waals surface area contributed by atoms with E-state index in [-0.39, 0.29) is 24.0 Å². The van der Waals surface area contributed by atoms with Gasteiger partial charge in [0.15, 0.2) is 0 Å². The highest BCUT2D eigenvalue weighted by atomic mass is 128. The van der Waals surface area contributed by atoms with Gasteiger partial charge in [0.2, 0.25) is 0 Å². The molecule has 0 aromatic heterocycles. The Hall–Kier alpha value is -1.30. The average molecular weight is 1170 g/mol. The summed E-state index contributed by atoms with van der Waals surface area (Å²) in [6.45, 7) is 13.4. The summed E-state index contributed by atoms with van der Waals surface area (Å²) in [5, 5.41) is 0. The van der Waals surface area contributed by atoms with E-state index in [9.17, 15) is 0 Å². The minimum atomic E-state index is -2.71. The van der Waals surface area contributed by atoms with E-state index in [1.54, 1.807) is 0 Å². The Morgan fingerprint density at radius 1 is 0.300 bits per heavy atom. The van der Waals surface area contributed by atoms with Crippen LogP contribution in [0.4, 0.5) is 22.7 Å². The lowest BCUT2D eigenvalue weighted by Crippen LogP contribution is -3.00. The summed E-state index contributed by atoms with van der Waals surface area (Å²) in [6.07, 6.45) is 25.2. The first-order chi connectivity index (χ1) is 29.2.